The van der Waals surface area contributed by atoms with Gasteiger partial charge < -0.3 is 9.42 Å². The molecule has 2 saturated carbocycles. The van der Waals surface area contributed by atoms with Gasteiger partial charge in [-0.3, -0.25) is 4.90 Å². The van der Waals surface area contributed by atoms with Crippen LogP contribution in [0, 0.1) is 0 Å². The highest BCUT2D eigenvalue weighted by Crippen LogP contribution is 2.39. The van der Waals surface area contributed by atoms with Crippen molar-refractivity contribution >= 4 is 16.6 Å². The summed E-state index contributed by atoms with van der Waals surface area (Å²) < 4.78 is 5.54. The second kappa shape index (κ2) is 7.61. The van der Waals surface area contributed by atoms with E-state index >= 15 is 0 Å². The molecular formula is C23H28N6O. The average Bonchev–Trinajstić information content (AvgIpc) is 3.56. The number of nitrogens with zero attached hydrogens (tertiary/aromatic N) is 6. The molecule has 3 aromatic rings. The van der Waals surface area contributed by atoms with Crippen molar-refractivity contribution in [1.29, 1.82) is 0 Å². The molecule has 1 aliphatic heterocycles. The van der Waals surface area contributed by atoms with Crippen LogP contribution in [0.3, 0.4) is 0 Å². The zero-order valence-corrected chi connectivity index (χ0v) is 17.3. The van der Waals surface area contributed by atoms with Gasteiger partial charge in [-0.2, -0.15) is 4.98 Å². The summed E-state index contributed by atoms with van der Waals surface area (Å²) in [5, 5.41) is 15.5. The third kappa shape index (κ3) is 3.35. The Kier molecular flexibility index (Phi) is 4.63. The fourth-order valence-electron chi connectivity index (χ4n) is 5.06. The van der Waals surface area contributed by atoms with Crippen LogP contribution in [0.25, 0.3) is 22.4 Å². The van der Waals surface area contributed by atoms with Gasteiger partial charge in [0.15, 0.2) is 17.3 Å². The van der Waals surface area contributed by atoms with E-state index in [1.54, 1.807) is 0 Å². The highest BCUT2D eigenvalue weighted by atomic mass is 16.5. The molecule has 0 atom stereocenters. The van der Waals surface area contributed by atoms with Crippen molar-refractivity contribution in [2.24, 2.45) is 0 Å². The third-order valence-corrected chi connectivity index (χ3v) is 6.96. The van der Waals surface area contributed by atoms with E-state index in [4.69, 9.17) is 4.52 Å². The zero-order chi connectivity index (χ0) is 19.9. The molecule has 0 amide bonds. The van der Waals surface area contributed by atoms with Crippen LogP contribution >= 0.6 is 0 Å². The van der Waals surface area contributed by atoms with Gasteiger partial charge in [-0.15, -0.1) is 10.2 Å². The van der Waals surface area contributed by atoms with Crippen molar-refractivity contribution in [3.8, 4) is 11.6 Å². The molecular weight excluding hydrogens is 376 g/mol. The Labute approximate surface area is 176 Å². The molecule has 3 fully saturated rings. The monoisotopic (exact) mass is 404 g/mol. The van der Waals surface area contributed by atoms with E-state index in [0.29, 0.717) is 17.5 Å². The molecule has 1 aromatic carbocycles. The molecule has 0 unspecified atom stereocenters. The highest BCUT2D eigenvalue weighted by molar-refractivity contribution is 5.99. The number of fused-ring (bicyclic) bond motifs is 1. The highest BCUT2D eigenvalue weighted by Gasteiger charge is 2.30. The molecule has 0 spiro atoms. The molecule has 3 aliphatic rings. The lowest BCUT2D eigenvalue weighted by atomic mass is 9.94. The number of rotatable bonds is 4. The summed E-state index contributed by atoms with van der Waals surface area (Å²) in [5.41, 5.74) is 0.689. The summed E-state index contributed by atoms with van der Waals surface area (Å²) in [6.07, 6.45) is 9.22. The topological polar surface area (TPSA) is 71.2 Å². The first-order valence-corrected chi connectivity index (χ1v) is 11.5. The Morgan fingerprint density at radius 1 is 0.833 bits per heavy atom. The van der Waals surface area contributed by atoms with E-state index in [0.717, 1.165) is 67.5 Å². The number of aromatic nitrogens is 4. The largest absolute Gasteiger partial charge is 0.352 e. The maximum absolute atomic E-state index is 5.54. The Bertz CT molecular complexity index is 1030. The van der Waals surface area contributed by atoms with Crippen molar-refractivity contribution in [2.75, 3.05) is 31.1 Å². The summed E-state index contributed by atoms with van der Waals surface area (Å²) in [6, 6.07) is 9.11. The minimum Gasteiger partial charge on any atom is -0.352 e. The molecule has 156 valence electrons. The van der Waals surface area contributed by atoms with Gasteiger partial charge >= 0.3 is 0 Å². The minimum absolute atomic E-state index is 0.460. The molecule has 30 heavy (non-hydrogen) atoms. The lowest BCUT2D eigenvalue weighted by Gasteiger charge is -2.41. The van der Waals surface area contributed by atoms with Gasteiger partial charge in [-0.1, -0.05) is 48.7 Å². The fraction of sp³-hybridized carbons (Fsp3) is 0.565. The second-order valence-electron chi connectivity index (χ2n) is 8.96. The molecule has 7 nitrogen and oxygen atoms in total. The molecule has 0 N–H and O–H groups in total. The van der Waals surface area contributed by atoms with Crippen LogP contribution < -0.4 is 4.90 Å². The minimum atomic E-state index is 0.460. The van der Waals surface area contributed by atoms with E-state index < -0.39 is 0 Å². The number of benzene rings is 1. The van der Waals surface area contributed by atoms with E-state index in [9.17, 15) is 0 Å². The van der Waals surface area contributed by atoms with E-state index in [2.05, 4.69) is 48.3 Å². The molecule has 1 saturated heterocycles. The molecule has 0 radical (unpaired) electrons. The van der Waals surface area contributed by atoms with Gasteiger partial charge in [0.2, 0.25) is 0 Å². The van der Waals surface area contributed by atoms with Gasteiger partial charge in [0.25, 0.3) is 5.89 Å². The fourth-order valence-corrected chi connectivity index (χ4v) is 5.06. The first kappa shape index (κ1) is 18.2. The van der Waals surface area contributed by atoms with Crippen molar-refractivity contribution < 1.29 is 4.52 Å². The van der Waals surface area contributed by atoms with E-state index in [1.807, 2.05) is 6.07 Å². The summed E-state index contributed by atoms with van der Waals surface area (Å²) in [7, 11) is 0. The molecule has 0 bridgehead atoms. The van der Waals surface area contributed by atoms with Crippen molar-refractivity contribution in [3.05, 3.63) is 30.1 Å². The van der Waals surface area contributed by atoms with Crippen LogP contribution in [0.4, 0.5) is 5.82 Å². The number of piperazine rings is 1. The molecule has 7 heteroatoms. The average molecular weight is 405 g/mol. The van der Waals surface area contributed by atoms with Gasteiger partial charge in [0.05, 0.1) is 0 Å². The normalized spacial score (nSPS) is 21.4. The van der Waals surface area contributed by atoms with E-state index in [1.165, 1.54) is 32.1 Å². The summed E-state index contributed by atoms with van der Waals surface area (Å²) in [5.74, 6) is 2.72. The standard InChI is InChI=1S/C23H28N6O/c1-2-6-17(7-3-1)28-12-14-29(15-13-28)22-19-9-5-4-8-18(19)20(25-26-22)23-24-21(27-30-23)16-10-11-16/h4-5,8-9,16-17H,1-3,6-7,10-15H2. The zero-order valence-electron chi connectivity index (χ0n) is 17.3. The van der Waals surface area contributed by atoms with Crippen LogP contribution in [-0.4, -0.2) is 57.5 Å². The van der Waals surface area contributed by atoms with Gasteiger partial charge in [-0.25, -0.2) is 0 Å². The van der Waals surface area contributed by atoms with Crippen LogP contribution in [0.2, 0.25) is 0 Å². The second-order valence-corrected chi connectivity index (χ2v) is 8.96. The summed E-state index contributed by atoms with van der Waals surface area (Å²) >= 11 is 0. The quantitative estimate of drug-likeness (QED) is 0.650. The smallest absolute Gasteiger partial charge is 0.279 e. The Balaban J connectivity index is 1.26. The Morgan fingerprint density at radius 2 is 1.60 bits per heavy atom. The predicted octanol–water partition coefficient (Wildman–Crippen LogP) is 4.01. The Hall–Kier alpha value is -2.54. The van der Waals surface area contributed by atoms with Gasteiger partial charge in [0.1, 0.15) is 0 Å². The number of anilines is 1. The van der Waals surface area contributed by atoms with Crippen LogP contribution in [0.15, 0.2) is 28.8 Å². The Morgan fingerprint density at radius 3 is 2.37 bits per heavy atom. The predicted molar refractivity (Wildman–Crippen MR) is 115 cm³/mol. The SMILES string of the molecule is c1ccc2c(N3CCN(C4CCCCC4)CC3)nnc(-c3nc(C4CC4)no3)c2c1. The van der Waals surface area contributed by atoms with Gasteiger partial charge in [-0.05, 0) is 25.7 Å². The van der Waals surface area contributed by atoms with Crippen LogP contribution in [0.5, 0.6) is 0 Å². The van der Waals surface area contributed by atoms with E-state index in [-0.39, 0.29) is 0 Å². The number of hydrogen-bond acceptors (Lipinski definition) is 7. The molecule has 6 rings (SSSR count). The summed E-state index contributed by atoms with van der Waals surface area (Å²) in [4.78, 5) is 9.68. The lowest BCUT2D eigenvalue weighted by Crippen LogP contribution is -2.51. The molecule has 2 aliphatic carbocycles. The maximum atomic E-state index is 5.54. The van der Waals surface area contributed by atoms with Crippen molar-refractivity contribution in [1.82, 2.24) is 25.2 Å². The summed E-state index contributed by atoms with van der Waals surface area (Å²) in [6.45, 7) is 4.22. The first-order valence-electron chi connectivity index (χ1n) is 11.5. The first-order chi connectivity index (χ1) is 14.9. The molecule has 3 heterocycles. The maximum Gasteiger partial charge on any atom is 0.279 e. The van der Waals surface area contributed by atoms with Crippen LogP contribution in [0.1, 0.15) is 56.7 Å². The van der Waals surface area contributed by atoms with Gasteiger partial charge in [0, 0.05) is 48.9 Å². The number of hydrogen-bond donors (Lipinski definition) is 0. The van der Waals surface area contributed by atoms with Crippen LogP contribution in [-0.2, 0) is 0 Å². The van der Waals surface area contributed by atoms with Crippen molar-refractivity contribution in [2.45, 2.75) is 56.9 Å². The molecule has 2 aromatic heterocycles. The third-order valence-electron chi connectivity index (χ3n) is 6.96. The lowest BCUT2D eigenvalue weighted by molar-refractivity contribution is 0.147. The van der Waals surface area contributed by atoms with Crippen molar-refractivity contribution in [3.63, 3.8) is 0 Å².